The summed E-state index contributed by atoms with van der Waals surface area (Å²) in [4.78, 5) is 11.2. The zero-order valence-corrected chi connectivity index (χ0v) is 10.4. The molecule has 0 amide bonds. The van der Waals surface area contributed by atoms with E-state index < -0.39 is 5.97 Å². The number of hydrogen-bond donors (Lipinski definition) is 2. The van der Waals surface area contributed by atoms with E-state index >= 15 is 0 Å². The average molecular weight is 273 g/mol. The topological polar surface area (TPSA) is 89.1 Å². The van der Waals surface area contributed by atoms with Gasteiger partial charge in [0.25, 0.3) is 0 Å². The van der Waals surface area contributed by atoms with Crippen LogP contribution in [0.3, 0.4) is 0 Å². The number of rotatable bonds is 4. The van der Waals surface area contributed by atoms with E-state index in [1.54, 1.807) is 5.38 Å². The van der Waals surface area contributed by atoms with Gasteiger partial charge in [0.1, 0.15) is 4.88 Å². The monoisotopic (exact) mass is 273 g/mol. The fraction of sp³-hybridized carbons (Fsp3) is 0.125. The van der Waals surface area contributed by atoms with Crippen molar-refractivity contribution in [1.82, 2.24) is 10.2 Å². The van der Waals surface area contributed by atoms with Crippen LogP contribution in [0.5, 0.6) is 0 Å². The predicted molar refractivity (Wildman–Crippen MR) is 65.2 cm³/mol. The number of carboxylic acids is 1. The van der Waals surface area contributed by atoms with Gasteiger partial charge in [-0.05, 0) is 17.0 Å². The van der Waals surface area contributed by atoms with E-state index in [0.717, 1.165) is 9.90 Å². The Bertz CT molecular complexity index is 508. The van der Waals surface area contributed by atoms with Gasteiger partial charge in [-0.15, -0.1) is 21.5 Å². The van der Waals surface area contributed by atoms with E-state index in [-0.39, 0.29) is 0 Å². The number of carbonyl (C=O) groups is 1. The third-order valence-corrected chi connectivity index (χ3v) is 4.59. The van der Waals surface area contributed by atoms with E-state index in [1.165, 1.54) is 34.4 Å². The summed E-state index contributed by atoms with van der Waals surface area (Å²) < 4.78 is 0.750. The quantitative estimate of drug-likeness (QED) is 0.830. The second-order valence-corrected chi connectivity index (χ2v) is 5.92. The summed E-state index contributed by atoms with van der Waals surface area (Å²) in [5, 5.41) is 18.6. The standard InChI is InChI=1S/C8H7N3O2S3/c9-7-10-11-8(16-7)15-3-4-1-2-14-5(4)6(12)13/h1-2H,3H2,(H2,9,10)(H,12,13). The van der Waals surface area contributed by atoms with Crippen LogP contribution in [0.25, 0.3) is 0 Å². The summed E-state index contributed by atoms with van der Waals surface area (Å²) >= 11 is 3.96. The second-order valence-electron chi connectivity index (χ2n) is 2.77. The molecule has 0 aliphatic carbocycles. The maximum atomic E-state index is 10.9. The fourth-order valence-electron chi connectivity index (χ4n) is 1.06. The van der Waals surface area contributed by atoms with Crippen molar-refractivity contribution in [1.29, 1.82) is 0 Å². The summed E-state index contributed by atoms with van der Waals surface area (Å²) in [6.07, 6.45) is 0. The number of thiophene rings is 1. The number of nitrogens with two attached hydrogens (primary N) is 1. The third kappa shape index (κ3) is 2.52. The lowest BCUT2D eigenvalue weighted by Gasteiger charge is -1.96. The number of nitrogen functional groups attached to an aromatic ring is 1. The normalized spacial score (nSPS) is 10.5. The van der Waals surface area contributed by atoms with Gasteiger partial charge in [-0.25, -0.2) is 4.79 Å². The molecule has 0 bridgehead atoms. The van der Waals surface area contributed by atoms with Gasteiger partial charge in [0.2, 0.25) is 5.13 Å². The molecular formula is C8H7N3O2S3. The van der Waals surface area contributed by atoms with Crippen LogP contribution in [0, 0.1) is 0 Å². The molecule has 0 saturated heterocycles. The molecule has 0 aliphatic heterocycles. The third-order valence-electron chi connectivity index (χ3n) is 1.71. The Morgan fingerprint density at radius 3 is 3.00 bits per heavy atom. The van der Waals surface area contributed by atoms with E-state index in [0.29, 0.717) is 15.8 Å². The van der Waals surface area contributed by atoms with Crippen molar-refractivity contribution in [2.45, 2.75) is 10.1 Å². The first-order valence-corrected chi connectivity index (χ1v) is 6.86. The first-order valence-electron chi connectivity index (χ1n) is 4.18. The van der Waals surface area contributed by atoms with Crippen molar-refractivity contribution < 1.29 is 9.90 Å². The van der Waals surface area contributed by atoms with Gasteiger partial charge < -0.3 is 10.8 Å². The molecule has 0 radical (unpaired) electrons. The van der Waals surface area contributed by atoms with Crippen LogP contribution in [0.1, 0.15) is 15.2 Å². The number of aromatic nitrogens is 2. The molecule has 2 aromatic heterocycles. The first-order chi connectivity index (χ1) is 7.66. The molecule has 84 valence electrons. The summed E-state index contributed by atoms with van der Waals surface area (Å²) in [6, 6.07) is 1.81. The number of anilines is 1. The molecule has 0 aliphatic rings. The Labute approximate surface area is 103 Å². The molecule has 0 unspecified atom stereocenters. The summed E-state index contributed by atoms with van der Waals surface area (Å²) in [6.45, 7) is 0. The minimum atomic E-state index is -0.887. The van der Waals surface area contributed by atoms with E-state index in [2.05, 4.69) is 10.2 Å². The number of carboxylic acid groups (broad SMARTS) is 1. The summed E-state index contributed by atoms with van der Waals surface area (Å²) in [5.74, 6) is -0.317. The Hall–Kier alpha value is -1.12. The van der Waals surface area contributed by atoms with Crippen LogP contribution < -0.4 is 5.73 Å². The Morgan fingerprint density at radius 2 is 2.38 bits per heavy atom. The average Bonchev–Trinajstić information content (AvgIpc) is 2.83. The lowest BCUT2D eigenvalue weighted by molar-refractivity contribution is 0.0701. The van der Waals surface area contributed by atoms with Crippen molar-refractivity contribution >= 4 is 45.5 Å². The summed E-state index contributed by atoms with van der Waals surface area (Å²) in [7, 11) is 0. The van der Waals surface area contributed by atoms with Crippen LogP contribution in [0.15, 0.2) is 15.8 Å². The van der Waals surface area contributed by atoms with Crippen LogP contribution in [0.4, 0.5) is 5.13 Å². The SMILES string of the molecule is Nc1nnc(SCc2ccsc2C(=O)O)s1. The molecule has 2 aromatic rings. The highest BCUT2D eigenvalue weighted by molar-refractivity contribution is 8.00. The van der Waals surface area contributed by atoms with E-state index in [1.807, 2.05) is 6.07 Å². The number of aromatic carboxylic acids is 1. The molecule has 0 fully saturated rings. The Balaban J connectivity index is 2.04. The molecule has 5 nitrogen and oxygen atoms in total. The maximum absolute atomic E-state index is 10.9. The van der Waals surface area contributed by atoms with Crippen molar-refractivity contribution in [3.63, 3.8) is 0 Å². The van der Waals surface area contributed by atoms with E-state index in [9.17, 15) is 4.79 Å². The van der Waals surface area contributed by atoms with Gasteiger partial charge in [0, 0.05) is 5.75 Å². The molecule has 16 heavy (non-hydrogen) atoms. The molecular weight excluding hydrogens is 266 g/mol. The number of nitrogens with zero attached hydrogens (tertiary/aromatic N) is 2. The van der Waals surface area contributed by atoms with Crippen LogP contribution in [-0.2, 0) is 5.75 Å². The molecule has 0 spiro atoms. The van der Waals surface area contributed by atoms with Crippen molar-refractivity contribution in [3.05, 3.63) is 21.9 Å². The molecule has 0 aromatic carbocycles. The van der Waals surface area contributed by atoms with Gasteiger partial charge >= 0.3 is 5.97 Å². The fourth-order valence-corrected chi connectivity index (χ4v) is 3.54. The van der Waals surface area contributed by atoms with Gasteiger partial charge in [0.15, 0.2) is 4.34 Å². The Morgan fingerprint density at radius 1 is 1.56 bits per heavy atom. The zero-order chi connectivity index (χ0) is 11.5. The van der Waals surface area contributed by atoms with E-state index in [4.69, 9.17) is 10.8 Å². The summed E-state index contributed by atoms with van der Waals surface area (Å²) in [5.41, 5.74) is 6.25. The lowest BCUT2D eigenvalue weighted by Crippen LogP contribution is -1.96. The first kappa shape index (κ1) is 11.4. The molecule has 0 atom stereocenters. The van der Waals surface area contributed by atoms with Crippen molar-refractivity contribution in [2.24, 2.45) is 0 Å². The maximum Gasteiger partial charge on any atom is 0.346 e. The minimum Gasteiger partial charge on any atom is -0.477 e. The number of hydrogen-bond acceptors (Lipinski definition) is 7. The van der Waals surface area contributed by atoms with Crippen molar-refractivity contribution in [3.8, 4) is 0 Å². The van der Waals surface area contributed by atoms with Crippen LogP contribution in [0.2, 0.25) is 0 Å². The predicted octanol–water partition coefficient (Wildman–Crippen LogP) is 2.17. The molecule has 2 heterocycles. The zero-order valence-electron chi connectivity index (χ0n) is 7.91. The van der Waals surface area contributed by atoms with Gasteiger partial charge in [-0.2, -0.15) is 0 Å². The smallest absolute Gasteiger partial charge is 0.346 e. The molecule has 2 rings (SSSR count). The molecule has 8 heteroatoms. The minimum absolute atomic E-state index is 0.380. The van der Waals surface area contributed by atoms with Gasteiger partial charge in [-0.3, -0.25) is 0 Å². The highest BCUT2D eigenvalue weighted by Crippen LogP contribution is 2.29. The van der Waals surface area contributed by atoms with Gasteiger partial charge in [-0.1, -0.05) is 23.1 Å². The van der Waals surface area contributed by atoms with Gasteiger partial charge in [0.05, 0.1) is 0 Å². The van der Waals surface area contributed by atoms with Crippen molar-refractivity contribution in [2.75, 3.05) is 5.73 Å². The highest BCUT2D eigenvalue weighted by Gasteiger charge is 2.12. The largest absolute Gasteiger partial charge is 0.477 e. The van der Waals surface area contributed by atoms with Crippen LogP contribution >= 0.6 is 34.4 Å². The van der Waals surface area contributed by atoms with Crippen LogP contribution in [-0.4, -0.2) is 21.3 Å². The Kier molecular flexibility index (Phi) is 3.42. The second kappa shape index (κ2) is 4.81. The molecule has 3 N–H and O–H groups in total. The molecule has 0 saturated carbocycles. The highest BCUT2D eigenvalue weighted by atomic mass is 32.2. The number of thioether (sulfide) groups is 1. The lowest BCUT2D eigenvalue weighted by atomic mass is 10.3.